The van der Waals surface area contributed by atoms with E-state index < -0.39 is 5.54 Å². The van der Waals surface area contributed by atoms with Crippen molar-refractivity contribution in [3.8, 4) is 0 Å². The second-order valence-electron chi connectivity index (χ2n) is 6.70. The number of piperidine rings is 1. The number of unbranched alkanes of at least 4 members (excludes halogenated alkanes) is 1. The molecule has 0 saturated carbocycles. The van der Waals surface area contributed by atoms with Crippen molar-refractivity contribution in [2.24, 2.45) is 11.7 Å². The Morgan fingerprint density at radius 3 is 2.65 bits per heavy atom. The Labute approximate surface area is 124 Å². The molecular formula is C16H33N3O. The molecule has 0 aromatic heterocycles. The highest BCUT2D eigenvalue weighted by atomic mass is 16.1. The van der Waals surface area contributed by atoms with Gasteiger partial charge in [0.25, 0.3) is 0 Å². The van der Waals surface area contributed by atoms with Crippen molar-refractivity contribution >= 4 is 5.91 Å². The third kappa shape index (κ3) is 5.06. The highest BCUT2D eigenvalue weighted by Gasteiger charge is 2.29. The zero-order valence-corrected chi connectivity index (χ0v) is 13.7. The van der Waals surface area contributed by atoms with Crippen LogP contribution in [0.3, 0.4) is 0 Å². The van der Waals surface area contributed by atoms with Crippen LogP contribution in [-0.4, -0.2) is 42.0 Å². The largest absolute Gasteiger partial charge is 0.368 e. The number of carbonyl (C=O) groups is 1. The Morgan fingerprint density at radius 2 is 2.10 bits per heavy atom. The van der Waals surface area contributed by atoms with Gasteiger partial charge in [0.15, 0.2) is 0 Å². The van der Waals surface area contributed by atoms with E-state index in [1.165, 1.54) is 19.4 Å². The molecule has 1 aliphatic heterocycles. The molecular weight excluding hydrogens is 250 g/mol. The number of amides is 1. The number of hydrogen-bond acceptors (Lipinski definition) is 3. The summed E-state index contributed by atoms with van der Waals surface area (Å²) >= 11 is 0. The molecule has 0 aliphatic carbocycles. The molecule has 1 rings (SSSR count). The zero-order chi connectivity index (χ0) is 15.2. The van der Waals surface area contributed by atoms with Gasteiger partial charge >= 0.3 is 0 Å². The van der Waals surface area contributed by atoms with Crippen molar-refractivity contribution in [1.29, 1.82) is 0 Å². The van der Waals surface area contributed by atoms with Crippen LogP contribution in [0.15, 0.2) is 0 Å². The van der Waals surface area contributed by atoms with Gasteiger partial charge in [-0.05, 0) is 71.5 Å². The first kappa shape index (κ1) is 17.4. The minimum absolute atomic E-state index is 0.237. The Bertz CT molecular complexity index is 308. The Hall–Kier alpha value is -0.610. The van der Waals surface area contributed by atoms with E-state index in [0.717, 1.165) is 38.3 Å². The maximum Gasteiger partial charge on any atom is 0.237 e. The quantitative estimate of drug-likeness (QED) is 0.671. The molecule has 4 heteroatoms. The monoisotopic (exact) mass is 283 g/mol. The van der Waals surface area contributed by atoms with Gasteiger partial charge in [0.1, 0.15) is 0 Å². The molecule has 0 aromatic carbocycles. The Kier molecular flexibility index (Phi) is 6.96. The second-order valence-corrected chi connectivity index (χ2v) is 6.70. The van der Waals surface area contributed by atoms with E-state index in [-0.39, 0.29) is 5.91 Å². The fraction of sp³-hybridized carbons (Fsp3) is 0.938. The lowest BCUT2D eigenvalue weighted by Crippen LogP contribution is -2.53. The lowest BCUT2D eigenvalue weighted by molar-refractivity contribution is -0.124. The van der Waals surface area contributed by atoms with E-state index in [0.29, 0.717) is 6.04 Å². The maximum atomic E-state index is 11.5. The second kappa shape index (κ2) is 7.99. The van der Waals surface area contributed by atoms with E-state index in [1.807, 2.05) is 13.8 Å². The molecule has 1 fully saturated rings. The van der Waals surface area contributed by atoms with Crippen LogP contribution in [-0.2, 0) is 4.79 Å². The zero-order valence-electron chi connectivity index (χ0n) is 13.7. The van der Waals surface area contributed by atoms with Crippen LogP contribution in [0.5, 0.6) is 0 Å². The number of hydrogen-bond donors (Lipinski definition) is 2. The highest BCUT2D eigenvalue weighted by Crippen LogP contribution is 2.23. The molecule has 0 aromatic rings. The fourth-order valence-electron chi connectivity index (χ4n) is 3.27. The van der Waals surface area contributed by atoms with Gasteiger partial charge in [0, 0.05) is 6.04 Å². The van der Waals surface area contributed by atoms with Gasteiger partial charge in [-0.1, -0.05) is 13.8 Å². The van der Waals surface area contributed by atoms with Crippen LogP contribution in [0, 0.1) is 5.92 Å². The average molecular weight is 283 g/mol. The molecule has 1 heterocycles. The van der Waals surface area contributed by atoms with E-state index in [9.17, 15) is 4.79 Å². The molecule has 3 atom stereocenters. The molecule has 118 valence electrons. The number of primary amides is 1. The summed E-state index contributed by atoms with van der Waals surface area (Å²) in [5.74, 6) is 0.632. The summed E-state index contributed by atoms with van der Waals surface area (Å²) < 4.78 is 0. The predicted molar refractivity (Wildman–Crippen MR) is 84.6 cm³/mol. The van der Waals surface area contributed by atoms with Gasteiger partial charge in [-0.2, -0.15) is 0 Å². The number of likely N-dealkylation sites (N-methyl/N-ethyl adjacent to an activating group) is 1. The predicted octanol–water partition coefficient (Wildman–Crippen LogP) is 2.13. The lowest BCUT2D eigenvalue weighted by atomic mass is 9.92. The molecule has 4 nitrogen and oxygen atoms in total. The first-order valence-electron chi connectivity index (χ1n) is 8.18. The lowest BCUT2D eigenvalue weighted by Gasteiger charge is -2.36. The molecule has 1 saturated heterocycles. The summed E-state index contributed by atoms with van der Waals surface area (Å²) in [6.45, 7) is 11.8. The van der Waals surface area contributed by atoms with Crippen LogP contribution < -0.4 is 11.1 Å². The summed E-state index contributed by atoms with van der Waals surface area (Å²) in [7, 11) is 0. The highest BCUT2D eigenvalue weighted by molar-refractivity contribution is 5.84. The third-order valence-corrected chi connectivity index (χ3v) is 4.76. The van der Waals surface area contributed by atoms with E-state index in [2.05, 4.69) is 24.1 Å². The minimum Gasteiger partial charge on any atom is -0.368 e. The number of likely N-dealkylation sites (tertiary alicyclic amines) is 1. The van der Waals surface area contributed by atoms with Crippen molar-refractivity contribution in [2.75, 3.05) is 19.6 Å². The summed E-state index contributed by atoms with van der Waals surface area (Å²) in [6, 6.07) is 0.704. The van der Waals surface area contributed by atoms with Crippen LogP contribution >= 0.6 is 0 Å². The van der Waals surface area contributed by atoms with Gasteiger partial charge < -0.3 is 16.0 Å². The summed E-state index contributed by atoms with van der Waals surface area (Å²) in [4.78, 5) is 14.1. The van der Waals surface area contributed by atoms with Crippen molar-refractivity contribution in [3.63, 3.8) is 0 Å². The van der Waals surface area contributed by atoms with Crippen molar-refractivity contribution in [1.82, 2.24) is 10.2 Å². The first-order chi connectivity index (χ1) is 9.39. The van der Waals surface area contributed by atoms with E-state index in [1.54, 1.807) is 0 Å². The number of carbonyl (C=O) groups excluding carboxylic acids is 1. The summed E-state index contributed by atoms with van der Waals surface area (Å²) in [5, 5.41) is 3.22. The molecule has 1 amide bonds. The number of nitrogens with zero attached hydrogens (tertiary/aromatic N) is 1. The van der Waals surface area contributed by atoms with E-state index in [4.69, 9.17) is 5.73 Å². The molecule has 3 unspecified atom stereocenters. The Morgan fingerprint density at radius 1 is 1.40 bits per heavy atom. The SMILES string of the molecule is CCNC(C)(CCCCN1CCC(C)CC1C)C(N)=O. The maximum absolute atomic E-state index is 11.5. The van der Waals surface area contributed by atoms with Crippen molar-refractivity contribution in [2.45, 2.75) is 71.4 Å². The van der Waals surface area contributed by atoms with E-state index >= 15 is 0 Å². The van der Waals surface area contributed by atoms with Gasteiger partial charge in [-0.3, -0.25) is 4.79 Å². The van der Waals surface area contributed by atoms with Crippen molar-refractivity contribution in [3.05, 3.63) is 0 Å². The standard InChI is InChI=1S/C16H33N3O/c1-5-18-16(4,15(17)20)9-6-7-10-19-11-8-13(2)12-14(19)3/h13-14,18H,5-12H2,1-4H3,(H2,17,20). The summed E-state index contributed by atoms with van der Waals surface area (Å²) in [5.41, 5.74) is 4.96. The van der Waals surface area contributed by atoms with Crippen molar-refractivity contribution < 1.29 is 4.79 Å². The normalized spacial score (nSPS) is 27.2. The first-order valence-corrected chi connectivity index (χ1v) is 8.18. The smallest absolute Gasteiger partial charge is 0.237 e. The van der Waals surface area contributed by atoms with Gasteiger partial charge in [-0.15, -0.1) is 0 Å². The Balaban J connectivity index is 2.28. The van der Waals surface area contributed by atoms with Crippen LogP contribution in [0.4, 0.5) is 0 Å². The summed E-state index contributed by atoms with van der Waals surface area (Å²) in [6.07, 6.45) is 5.66. The average Bonchev–Trinajstić information content (AvgIpc) is 2.37. The molecule has 3 N–H and O–H groups in total. The topological polar surface area (TPSA) is 58.4 Å². The van der Waals surface area contributed by atoms with Crippen LogP contribution in [0.2, 0.25) is 0 Å². The van der Waals surface area contributed by atoms with Gasteiger partial charge in [0.2, 0.25) is 5.91 Å². The third-order valence-electron chi connectivity index (χ3n) is 4.76. The van der Waals surface area contributed by atoms with Crippen LogP contribution in [0.1, 0.15) is 59.8 Å². The van der Waals surface area contributed by atoms with Crippen LogP contribution in [0.25, 0.3) is 0 Å². The number of nitrogens with two attached hydrogens (primary N) is 1. The number of rotatable bonds is 8. The molecule has 20 heavy (non-hydrogen) atoms. The molecule has 1 aliphatic rings. The fourth-order valence-corrected chi connectivity index (χ4v) is 3.27. The minimum atomic E-state index is -0.545. The molecule has 0 bridgehead atoms. The van der Waals surface area contributed by atoms with Gasteiger partial charge in [-0.25, -0.2) is 0 Å². The van der Waals surface area contributed by atoms with Gasteiger partial charge in [0.05, 0.1) is 5.54 Å². The number of nitrogens with one attached hydrogen (secondary N) is 1. The molecule has 0 radical (unpaired) electrons. The molecule has 0 spiro atoms.